The van der Waals surface area contributed by atoms with Gasteiger partial charge in [-0.1, -0.05) is 36.7 Å². The molecule has 0 spiro atoms. The Morgan fingerprint density at radius 3 is 2.88 bits per heavy atom. The monoisotopic (exact) mass is 269 g/mol. The Kier molecular flexibility index (Phi) is 4.78. The van der Waals surface area contributed by atoms with Gasteiger partial charge < -0.3 is 5.32 Å². The number of hydrogen-bond acceptors (Lipinski definition) is 2. The summed E-state index contributed by atoms with van der Waals surface area (Å²) in [5, 5.41) is 5.35. The first-order chi connectivity index (χ1) is 8.16. The molecule has 3 heteroatoms. The molecule has 0 amide bonds. The molecule has 1 heterocycles. The molecule has 1 saturated heterocycles. The van der Waals surface area contributed by atoms with E-state index in [4.69, 9.17) is 11.6 Å². The summed E-state index contributed by atoms with van der Waals surface area (Å²) in [6, 6.07) is 9.28. The summed E-state index contributed by atoms with van der Waals surface area (Å²) < 4.78 is 0. The van der Waals surface area contributed by atoms with Gasteiger partial charge in [0.05, 0.1) is 0 Å². The van der Waals surface area contributed by atoms with Crippen LogP contribution in [0.3, 0.4) is 0 Å². The molecule has 0 aromatic heterocycles. The number of nitrogens with one attached hydrogen (secondary N) is 1. The van der Waals surface area contributed by atoms with Gasteiger partial charge in [0.15, 0.2) is 0 Å². The topological polar surface area (TPSA) is 12.0 Å². The predicted octanol–water partition coefficient (Wildman–Crippen LogP) is 3.75. The Bertz CT molecular complexity index is 369. The number of benzene rings is 1. The molecule has 94 valence electrons. The molecule has 1 aromatic carbocycles. The van der Waals surface area contributed by atoms with E-state index in [0.29, 0.717) is 12.1 Å². The summed E-state index contributed by atoms with van der Waals surface area (Å²) in [5.41, 5.74) is 1.24. The van der Waals surface area contributed by atoms with E-state index < -0.39 is 0 Å². The van der Waals surface area contributed by atoms with Crippen molar-refractivity contribution < 1.29 is 0 Å². The van der Waals surface area contributed by atoms with Crippen molar-refractivity contribution in [3.05, 3.63) is 34.9 Å². The van der Waals surface area contributed by atoms with Crippen LogP contribution < -0.4 is 5.32 Å². The second-order valence-electron chi connectivity index (χ2n) is 4.83. The summed E-state index contributed by atoms with van der Waals surface area (Å²) in [6.45, 7) is 4.57. The van der Waals surface area contributed by atoms with E-state index in [-0.39, 0.29) is 0 Å². The fourth-order valence-corrected chi connectivity index (χ4v) is 3.79. The summed E-state index contributed by atoms with van der Waals surface area (Å²) in [4.78, 5) is 0. The third-order valence-corrected chi connectivity index (χ3v) is 5.05. The smallest absolute Gasteiger partial charge is 0.0438 e. The highest BCUT2D eigenvalue weighted by Gasteiger charge is 2.24. The van der Waals surface area contributed by atoms with E-state index in [9.17, 15) is 0 Å². The summed E-state index contributed by atoms with van der Waals surface area (Å²) >= 11 is 8.25. The van der Waals surface area contributed by atoms with Crippen LogP contribution in [0, 0.1) is 0 Å². The van der Waals surface area contributed by atoms with Gasteiger partial charge in [0.2, 0.25) is 0 Å². The third kappa shape index (κ3) is 3.64. The van der Waals surface area contributed by atoms with Crippen molar-refractivity contribution in [2.24, 2.45) is 0 Å². The standard InChI is InChI=1S/C14H20ClNS/c1-10(16-14-7-8-17-11(14)2)9-12-5-3-4-6-13(12)15/h3-6,10-11,14,16H,7-9H2,1-2H3. The summed E-state index contributed by atoms with van der Waals surface area (Å²) in [5.74, 6) is 1.29. The first kappa shape index (κ1) is 13.3. The van der Waals surface area contributed by atoms with Gasteiger partial charge in [-0.05, 0) is 37.1 Å². The lowest BCUT2D eigenvalue weighted by atomic mass is 10.0. The molecular weight excluding hydrogens is 250 g/mol. The molecule has 0 bridgehead atoms. The highest BCUT2D eigenvalue weighted by molar-refractivity contribution is 8.00. The van der Waals surface area contributed by atoms with Crippen LogP contribution >= 0.6 is 23.4 Å². The zero-order valence-electron chi connectivity index (χ0n) is 10.4. The van der Waals surface area contributed by atoms with E-state index in [1.54, 1.807) is 0 Å². The Balaban J connectivity index is 1.89. The molecule has 1 aliphatic heterocycles. The summed E-state index contributed by atoms with van der Waals surface area (Å²) in [6.07, 6.45) is 2.30. The Labute approximate surface area is 113 Å². The molecule has 3 unspecified atom stereocenters. The molecule has 2 rings (SSSR count). The van der Waals surface area contributed by atoms with Gasteiger partial charge in [0, 0.05) is 22.4 Å². The maximum Gasteiger partial charge on any atom is 0.0438 e. The number of rotatable bonds is 4. The van der Waals surface area contributed by atoms with Crippen molar-refractivity contribution in [3.63, 3.8) is 0 Å². The number of hydrogen-bond donors (Lipinski definition) is 1. The van der Waals surface area contributed by atoms with Crippen LogP contribution in [0.25, 0.3) is 0 Å². The maximum absolute atomic E-state index is 6.18. The van der Waals surface area contributed by atoms with Crippen molar-refractivity contribution in [1.82, 2.24) is 5.32 Å². The molecular formula is C14H20ClNS. The fraction of sp³-hybridized carbons (Fsp3) is 0.571. The van der Waals surface area contributed by atoms with Crippen LogP contribution in [-0.2, 0) is 6.42 Å². The number of halogens is 1. The minimum Gasteiger partial charge on any atom is -0.310 e. The van der Waals surface area contributed by atoms with Crippen molar-refractivity contribution >= 4 is 23.4 Å². The molecule has 1 fully saturated rings. The molecule has 3 atom stereocenters. The van der Waals surface area contributed by atoms with Gasteiger partial charge in [-0.3, -0.25) is 0 Å². The van der Waals surface area contributed by atoms with Crippen molar-refractivity contribution in [3.8, 4) is 0 Å². The van der Waals surface area contributed by atoms with Crippen LogP contribution in [-0.4, -0.2) is 23.1 Å². The predicted molar refractivity (Wildman–Crippen MR) is 78.1 cm³/mol. The van der Waals surface area contributed by atoms with E-state index in [2.05, 4.69) is 43.1 Å². The Morgan fingerprint density at radius 1 is 1.47 bits per heavy atom. The van der Waals surface area contributed by atoms with Gasteiger partial charge >= 0.3 is 0 Å². The molecule has 17 heavy (non-hydrogen) atoms. The van der Waals surface area contributed by atoms with E-state index in [1.165, 1.54) is 17.7 Å². The lowest BCUT2D eigenvalue weighted by Crippen LogP contribution is -2.40. The highest BCUT2D eigenvalue weighted by Crippen LogP contribution is 2.27. The van der Waals surface area contributed by atoms with Crippen LogP contribution in [0.4, 0.5) is 0 Å². The van der Waals surface area contributed by atoms with Crippen LogP contribution in [0.1, 0.15) is 25.8 Å². The van der Waals surface area contributed by atoms with E-state index in [1.807, 2.05) is 12.1 Å². The minimum absolute atomic E-state index is 0.487. The average molecular weight is 270 g/mol. The lowest BCUT2D eigenvalue weighted by Gasteiger charge is -2.22. The van der Waals surface area contributed by atoms with Crippen LogP contribution in [0.15, 0.2) is 24.3 Å². The molecule has 1 nitrogen and oxygen atoms in total. The Morgan fingerprint density at radius 2 is 2.24 bits per heavy atom. The van der Waals surface area contributed by atoms with Crippen molar-refractivity contribution in [2.75, 3.05) is 5.75 Å². The van der Waals surface area contributed by atoms with Gasteiger partial charge in [-0.25, -0.2) is 0 Å². The lowest BCUT2D eigenvalue weighted by molar-refractivity contribution is 0.442. The zero-order valence-corrected chi connectivity index (χ0v) is 12.0. The zero-order chi connectivity index (χ0) is 12.3. The minimum atomic E-state index is 0.487. The van der Waals surface area contributed by atoms with Crippen molar-refractivity contribution in [1.29, 1.82) is 0 Å². The van der Waals surface area contributed by atoms with E-state index in [0.717, 1.165) is 16.7 Å². The average Bonchev–Trinajstić information content (AvgIpc) is 2.68. The maximum atomic E-state index is 6.18. The van der Waals surface area contributed by atoms with Crippen molar-refractivity contribution in [2.45, 2.75) is 44.0 Å². The van der Waals surface area contributed by atoms with Gasteiger partial charge in [0.25, 0.3) is 0 Å². The van der Waals surface area contributed by atoms with Crippen LogP contribution in [0.2, 0.25) is 5.02 Å². The van der Waals surface area contributed by atoms with E-state index >= 15 is 0 Å². The summed E-state index contributed by atoms with van der Waals surface area (Å²) in [7, 11) is 0. The Hall–Kier alpha value is -0.180. The first-order valence-electron chi connectivity index (χ1n) is 6.28. The number of thioether (sulfide) groups is 1. The molecule has 0 radical (unpaired) electrons. The molecule has 0 aliphatic carbocycles. The highest BCUT2D eigenvalue weighted by atomic mass is 35.5. The second-order valence-corrected chi connectivity index (χ2v) is 6.73. The quantitative estimate of drug-likeness (QED) is 0.893. The van der Waals surface area contributed by atoms with Gasteiger partial charge in [0.1, 0.15) is 0 Å². The molecule has 0 saturated carbocycles. The van der Waals surface area contributed by atoms with Gasteiger partial charge in [-0.15, -0.1) is 0 Å². The molecule has 1 aromatic rings. The first-order valence-corrected chi connectivity index (χ1v) is 7.70. The molecule has 1 aliphatic rings. The third-order valence-electron chi connectivity index (χ3n) is 3.36. The second kappa shape index (κ2) is 6.12. The molecule has 1 N–H and O–H groups in total. The fourth-order valence-electron chi connectivity index (χ4n) is 2.37. The normalized spacial score (nSPS) is 26.1. The van der Waals surface area contributed by atoms with Crippen LogP contribution in [0.5, 0.6) is 0 Å². The SMILES string of the molecule is CC(Cc1ccccc1Cl)NC1CCSC1C. The largest absolute Gasteiger partial charge is 0.310 e. The van der Waals surface area contributed by atoms with Gasteiger partial charge in [-0.2, -0.15) is 11.8 Å².